The third kappa shape index (κ3) is 4.79. The summed E-state index contributed by atoms with van der Waals surface area (Å²) < 4.78 is 33.7. The fourth-order valence-corrected chi connectivity index (χ4v) is 5.80. The highest BCUT2D eigenvalue weighted by atomic mass is 35.5. The molecule has 0 spiro atoms. The molecule has 1 atom stereocenters. The summed E-state index contributed by atoms with van der Waals surface area (Å²) in [7, 11) is -4.05. The van der Waals surface area contributed by atoms with Gasteiger partial charge in [-0.3, -0.25) is 9.59 Å². The summed E-state index contributed by atoms with van der Waals surface area (Å²) in [4.78, 5) is 26.8. The number of ether oxygens (including phenoxy) is 1. The van der Waals surface area contributed by atoms with E-state index in [2.05, 4.69) is 4.98 Å². The molecule has 30 heavy (non-hydrogen) atoms. The van der Waals surface area contributed by atoms with Crippen molar-refractivity contribution in [1.29, 1.82) is 0 Å². The van der Waals surface area contributed by atoms with Crippen molar-refractivity contribution < 1.29 is 22.7 Å². The first-order chi connectivity index (χ1) is 13.9. The molecule has 1 aromatic carbocycles. The Morgan fingerprint density at radius 3 is 2.67 bits per heavy atom. The molecular formula is C20H26ClN3O5S. The van der Waals surface area contributed by atoms with Crippen LogP contribution in [-0.2, 0) is 19.6 Å². The number of piperidine rings is 1. The van der Waals surface area contributed by atoms with Gasteiger partial charge in [0, 0.05) is 35.4 Å². The highest BCUT2D eigenvalue weighted by Gasteiger charge is 2.36. The van der Waals surface area contributed by atoms with Crippen molar-refractivity contribution >= 4 is 44.4 Å². The monoisotopic (exact) mass is 455 g/mol. The average Bonchev–Trinajstić information content (AvgIpc) is 3.00. The summed E-state index contributed by atoms with van der Waals surface area (Å²) in [6, 6.07) is 4.69. The quantitative estimate of drug-likeness (QED) is 0.671. The smallest absolute Gasteiger partial charge is 0.306 e. The Morgan fingerprint density at radius 2 is 2.03 bits per heavy atom. The van der Waals surface area contributed by atoms with Gasteiger partial charge in [-0.15, -0.1) is 0 Å². The van der Waals surface area contributed by atoms with Crippen LogP contribution in [0.25, 0.3) is 10.9 Å². The Morgan fingerprint density at radius 1 is 1.33 bits per heavy atom. The number of carbonyl (C=O) groups is 2. The number of nitrogens with one attached hydrogen (secondary N) is 1. The van der Waals surface area contributed by atoms with E-state index in [-0.39, 0.29) is 35.4 Å². The van der Waals surface area contributed by atoms with E-state index in [1.54, 1.807) is 32.9 Å². The van der Waals surface area contributed by atoms with Crippen LogP contribution in [-0.4, -0.2) is 48.3 Å². The molecule has 0 radical (unpaired) electrons. The van der Waals surface area contributed by atoms with Gasteiger partial charge in [0.15, 0.2) is 0 Å². The lowest BCUT2D eigenvalue weighted by atomic mass is 9.96. The van der Waals surface area contributed by atoms with Gasteiger partial charge in [-0.25, -0.2) is 8.42 Å². The molecule has 1 aromatic heterocycles. The molecule has 1 amide bonds. The summed E-state index contributed by atoms with van der Waals surface area (Å²) >= 11 is 6.06. The molecule has 2 aromatic rings. The first-order valence-electron chi connectivity index (χ1n) is 9.71. The van der Waals surface area contributed by atoms with E-state index in [1.807, 2.05) is 0 Å². The maximum atomic E-state index is 13.5. The fraction of sp³-hybridized carbons (Fsp3) is 0.500. The van der Waals surface area contributed by atoms with E-state index >= 15 is 0 Å². The molecule has 1 unspecified atom stereocenters. The predicted octanol–water partition coefficient (Wildman–Crippen LogP) is 3.05. The number of carbonyl (C=O) groups excluding carboxylic acids is 2. The maximum Gasteiger partial charge on any atom is 0.306 e. The van der Waals surface area contributed by atoms with Crippen LogP contribution in [0.3, 0.4) is 0 Å². The van der Waals surface area contributed by atoms with Crippen LogP contribution < -0.4 is 5.73 Å². The van der Waals surface area contributed by atoms with Gasteiger partial charge in [0.25, 0.3) is 5.91 Å². The summed E-state index contributed by atoms with van der Waals surface area (Å²) in [6.07, 6.45) is 1.45. The van der Waals surface area contributed by atoms with Gasteiger partial charge < -0.3 is 15.5 Å². The predicted molar refractivity (Wildman–Crippen MR) is 114 cm³/mol. The van der Waals surface area contributed by atoms with Crippen molar-refractivity contribution in [2.75, 3.05) is 13.1 Å². The molecule has 0 bridgehead atoms. The SMILES string of the molecule is CC(C)(C)OC(=O)CC1CCCN(S(=O)(=O)c2c(C(N)=O)[nH]c3ccc(Cl)cc23)C1. The standard InChI is InChI=1S/C20H26ClN3O5S/c1-20(2,3)29-16(25)9-12-5-4-8-24(11-12)30(27,28)18-14-10-13(21)6-7-15(14)23-17(18)19(22)26/h6-7,10,12,23H,4-5,8-9,11H2,1-3H3,(H2,22,26). The van der Waals surface area contributed by atoms with E-state index in [1.165, 1.54) is 10.4 Å². The lowest BCUT2D eigenvalue weighted by Gasteiger charge is -2.32. The first-order valence-corrected chi connectivity index (χ1v) is 11.5. The van der Waals surface area contributed by atoms with Crippen LogP contribution >= 0.6 is 11.6 Å². The van der Waals surface area contributed by atoms with Crippen molar-refractivity contribution in [2.45, 2.75) is 50.5 Å². The molecule has 2 heterocycles. The summed E-state index contributed by atoms with van der Waals surface area (Å²) in [5.41, 5.74) is 5.12. The van der Waals surface area contributed by atoms with Crippen molar-refractivity contribution in [3.8, 4) is 0 Å². The fourth-order valence-electron chi connectivity index (χ4n) is 3.74. The molecule has 1 aliphatic rings. The number of amides is 1. The van der Waals surface area contributed by atoms with Crippen LogP contribution in [0.4, 0.5) is 0 Å². The van der Waals surface area contributed by atoms with Gasteiger partial charge >= 0.3 is 5.97 Å². The number of rotatable bonds is 5. The third-order valence-corrected chi connectivity index (χ3v) is 7.10. The van der Waals surface area contributed by atoms with Crippen LogP contribution in [0.15, 0.2) is 23.1 Å². The van der Waals surface area contributed by atoms with Crippen molar-refractivity contribution in [2.24, 2.45) is 11.7 Å². The second-order valence-electron chi connectivity index (χ2n) is 8.55. The lowest BCUT2D eigenvalue weighted by molar-refractivity contribution is -0.156. The number of hydrogen-bond donors (Lipinski definition) is 2. The van der Waals surface area contributed by atoms with Crippen molar-refractivity contribution in [1.82, 2.24) is 9.29 Å². The number of nitrogens with zero attached hydrogens (tertiary/aromatic N) is 1. The average molecular weight is 456 g/mol. The number of nitrogens with two attached hydrogens (primary N) is 1. The zero-order valence-corrected chi connectivity index (χ0v) is 18.8. The minimum Gasteiger partial charge on any atom is -0.460 e. The normalized spacial score (nSPS) is 18.5. The number of hydrogen-bond acceptors (Lipinski definition) is 5. The molecule has 0 saturated carbocycles. The molecule has 1 fully saturated rings. The Hall–Kier alpha value is -2.10. The van der Waals surface area contributed by atoms with E-state index in [0.29, 0.717) is 35.3 Å². The molecular weight excluding hydrogens is 430 g/mol. The van der Waals surface area contributed by atoms with Crippen molar-refractivity contribution in [3.05, 3.63) is 28.9 Å². The van der Waals surface area contributed by atoms with Gasteiger partial charge in [-0.2, -0.15) is 4.31 Å². The molecule has 164 valence electrons. The number of esters is 1. The van der Waals surface area contributed by atoms with Gasteiger partial charge in [-0.1, -0.05) is 11.6 Å². The number of primary amides is 1. The van der Waals surface area contributed by atoms with Crippen LogP contribution in [0.5, 0.6) is 0 Å². The molecule has 1 aliphatic heterocycles. The van der Waals surface area contributed by atoms with E-state index in [4.69, 9.17) is 22.1 Å². The molecule has 3 N–H and O–H groups in total. The van der Waals surface area contributed by atoms with Gasteiger partial charge in [0.2, 0.25) is 10.0 Å². The highest BCUT2D eigenvalue weighted by molar-refractivity contribution is 7.89. The largest absolute Gasteiger partial charge is 0.460 e. The van der Waals surface area contributed by atoms with E-state index in [0.717, 1.165) is 0 Å². The van der Waals surface area contributed by atoms with Crippen LogP contribution in [0, 0.1) is 5.92 Å². The van der Waals surface area contributed by atoms with Crippen molar-refractivity contribution in [3.63, 3.8) is 0 Å². The number of sulfonamides is 1. The Kier molecular flexibility index (Phi) is 6.18. The Bertz CT molecular complexity index is 1090. The number of benzene rings is 1. The number of halogens is 1. The minimum absolute atomic E-state index is 0.131. The van der Waals surface area contributed by atoms with Gasteiger partial charge in [0.1, 0.15) is 16.2 Å². The maximum absolute atomic E-state index is 13.5. The number of aromatic nitrogens is 1. The number of aromatic amines is 1. The van der Waals surface area contributed by atoms with E-state index in [9.17, 15) is 18.0 Å². The highest BCUT2D eigenvalue weighted by Crippen LogP contribution is 2.34. The summed E-state index contributed by atoms with van der Waals surface area (Å²) in [6.45, 7) is 5.81. The Balaban J connectivity index is 1.92. The minimum atomic E-state index is -4.05. The molecule has 10 heteroatoms. The molecule has 8 nitrogen and oxygen atoms in total. The molecule has 0 aliphatic carbocycles. The number of fused-ring (bicyclic) bond motifs is 1. The second-order valence-corrected chi connectivity index (χ2v) is 10.9. The van der Waals surface area contributed by atoms with Gasteiger partial charge in [0.05, 0.1) is 0 Å². The summed E-state index contributed by atoms with van der Waals surface area (Å²) in [5.74, 6) is -1.40. The second kappa shape index (κ2) is 8.20. The Labute approximate surface area is 180 Å². The topological polar surface area (TPSA) is 123 Å². The zero-order chi connectivity index (χ0) is 22.3. The van der Waals surface area contributed by atoms with Crippen LogP contribution in [0.1, 0.15) is 50.5 Å². The first kappa shape index (κ1) is 22.6. The van der Waals surface area contributed by atoms with Crippen LogP contribution in [0.2, 0.25) is 5.02 Å². The van der Waals surface area contributed by atoms with Gasteiger partial charge in [-0.05, 0) is 57.7 Å². The third-order valence-electron chi connectivity index (χ3n) is 4.91. The lowest BCUT2D eigenvalue weighted by Crippen LogP contribution is -2.41. The zero-order valence-electron chi connectivity index (χ0n) is 17.2. The summed E-state index contributed by atoms with van der Waals surface area (Å²) in [5, 5.41) is 0.654. The number of H-pyrrole nitrogens is 1. The molecule has 3 rings (SSSR count). The van der Waals surface area contributed by atoms with E-state index < -0.39 is 21.5 Å². The molecule has 1 saturated heterocycles.